The van der Waals surface area contributed by atoms with Crippen molar-refractivity contribution in [1.82, 2.24) is 0 Å². The fraction of sp³-hybridized carbons (Fsp3) is 0.345. The van der Waals surface area contributed by atoms with Crippen molar-refractivity contribution < 1.29 is 26.5 Å². The third-order valence-corrected chi connectivity index (χ3v) is 5.56. The number of aryl methyl sites for hydroxylation is 3. The normalized spacial score (nSPS) is 10.4. The summed E-state index contributed by atoms with van der Waals surface area (Å²) in [5, 5.41) is 0. The first-order chi connectivity index (χ1) is 17.5. The molecule has 3 aromatic rings. The van der Waals surface area contributed by atoms with Crippen LogP contribution in [0, 0.1) is 26.6 Å². The number of halogens is 1. The molecule has 1 amide bonds. The van der Waals surface area contributed by atoms with Crippen molar-refractivity contribution in [1.29, 1.82) is 0 Å². The summed E-state index contributed by atoms with van der Waals surface area (Å²) in [6, 6.07) is 20.0. The lowest BCUT2D eigenvalue weighted by atomic mass is 10.1. The highest BCUT2D eigenvalue weighted by atomic mass is 32.2. The lowest BCUT2D eigenvalue weighted by Crippen LogP contribution is -2.29. The fourth-order valence-corrected chi connectivity index (χ4v) is 3.62. The van der Waals surface area contributed by atoms with Crippen LogP contribution in [-0.4, -0.2) is 33.8 Å². The summed E-state index contributed by atoms with van der Waals surface area (Å²) in [6.45, 7) is 11.3. The third-order valence-electron chi connectivity index (χ3n) is 4.97. The van der Waals surface area contributed by atoms with E-state index < -0.39 is 15.9 Å². The van der Waals surface area contributed by atoms with E-state index in [4.69, 9.17) is 4.74 Å². The minimum atomic E-state index is -3.54. The summed E-state index contributed by atoms with van der Waals surface area (Å²) in [4.78, 5) is 13.7. The molecule has 0 atom stereocenters. The van der Waals surface area contributed by atoms with Gasteiger partial charge in [-0.25, -0.2) is 4.39 Å². The SMILES string of the molecule is CC.CC(=O)N(Cc1cc(C)ccc1OCCOS(C)(=O)=O)c1cc(F)ccc1C.Cc1ccccc1. The second-order valence-corrected chi connectivity index (χ2v) is 9.82. The van der Waals surface area contributed by atoms with Crippen LogP contribution in [0.4, 0.5) is 10.1 Å². The molecule has 0 fully saturated rings. The minimum Gasteiger partial charge on any atom is -0.491 e. The Kier molecular flexibility index (Phi) is 13.6. The molecule has 3 aromatic carbocycles. The Morgan fingerprint density at radius 3 is 2.08 bits per heavy atom. The number of carbonyl (C=O) groups excluding carboxylic acids is 1. The number of hydrogen-bond acceptors (Lipinski definition) is 5. The maximum atomic E-state index is 13.7. The van der Waals surface area contributed by atoms with Crippen LogP contribution in [0.2, 0.25) is 0 Å². The summed E-state index contributed by atoms with van der Waals surface area (Å²) in [7, 11) is -3.54. The Morgan fingerprint density at radius 1 is 0.892 bits per heavy atom. The quantitative estimate of drug-likeness (QED) is 0.249. The van der Waals surface area contributed by atoms with Crippen molar-refractivity contribution in [2.75, 3.05) is 24.4 Å². The van der Waals surface area contributed by atoms with Gasteiger partial charge >= 0.3 is 0 Å². The molecule has 0 aliphatic carbocycles. The number of benzene rings is 3. The van der Waals surface area contributed by atoms with Crippen molar-refractivity contribution in [2.45, 2.75) is 48.1 Å². The molecule has 0 heterocycles. The zero-order valence-corrected chi connectivity index (χ0v) is 23.6. The highest BCUT2D eigenvalue weighted by molar-refractivity contribution is 7.85. The molecule has 8 heteroatoms. The molecule has 0 N–H and O–H groups in total. The van der Waals surface area contributed by atoms with Crippen LogP contribution < -0.4 is 9.64 Å². The van der Waals surface area contributed by atoms with E-state index in [1.807, 2.05) is 51.1 Å². The van der Waals surface area contributed by atoms with Gasteiger partial charge in [0, 0.05) is 18.2 Å². The average Bonchev–Trinajstić information content (AvgIpc) is 2.84. The number of amides is 1. The summed E-state index contributed by atoms with van der Waals surface area (Å²) < 4.78 is 46.1. The van der Waals surface area contributed by atoms with E-state index in [1.54, 1.807) is 19.1 Å². The highest BCUT2D eigenvalue weighted by Gasteiger charge is 2.18. The van der Waals surface area contributed by atoms with Crippen LogP contribution in [0.5, 0.6) is 5.75 Å². The molecule has 3 rings (SSSR count). The first kappa shape index (κ1) is 31.8. The largest absolute Gasteiger partial charge is 0.491 e. The molecule has 0 aliphatic rings. The number of hydrogen-bond donors (Lipinski definition) is 0. The average molecular weight is 532 g/mol. The van der Waals surface area contributed by atoms with Crippen molar-refractivity contribution in [3.8, 4) is 5.75 Å². The van der Waals surface area contributed by atoms with E-state index in [0.29, 0.717) is 11.4 Å². The second-order valence-electron chi connectivity index (χ2n) is 8.18. The van der Waals surface area contributed by atoms with Gasteiger partial charge in [-0.3, -0.25) is 8.98 Å². The second kappa shape index (κ2) is 15.8. The third kappa shape index (κ3) is 12.0. The van der Waals surface area contributed by atoms with E-state index >= 15 is 0 Å². The van der Waals surface area contributed by atoms with Gasteiger partial charge in [-0.05, 0) is 44.5 Å². The zero-order valence-electron chi connectivity index (χ0n) is 22.7. The monoisotopic (exact) mass is 531 g/mol. The zero-order chi connectivity index (χ0) is 28.0. The molecular formula is C29H38FNO5S. The molecule has 6 nitrogen and oxygen atoms in total. The molecule has 0 bridgehead atoms. The molecule has 37 heavy (non-hydrogen) atoms. The van der Waals surface area contributed by atoms with Gasteiger partial charge < -0.3 is 9.64 Å². The number of ether oxygens (including phenoxy) is 1. The molecule has 0 aromatic heterocycles. The smallest absolute Gasteiger partial charge is 0.264 e. The van der Waals surface area contributed by atoms with Crippen molar-refractivity contribution >= 4 is 21.7 Å². The van der Waals surface area contributed by atoms with Crippen molar-refractivity contribution in [3.63, 3.8) is 0 Å². The van der Waals surface area contributed by atoms with Gasteiger partial charge in [0.2, 0.25) is 5.91 Å². The van der Waals surface area contributed by atoms with E-state index in [-0.39, 0.29) is 25.7 Å². The van der Waals surface area contributed by atoms with Crippen LogP contribution in [-0.2, 0) is 25.6 Å². The van der Waals surface area contributed by atoms with Crippen LogP contribution in [0.3, 0.4) is 0 Å². The fourth-order valence-electron chi connectivity index (χ4n) is 3.25. The van der Waals surface area contributed by atoms with Crippen LogP contribution in [0.1, 0.15) is 43.0 Å². The van der Waals surface area contributed by atoms with E-state index in [0.717, 1.165) is 22.9 Å². The lowest BCUT2D eigenvalue weighted by Gasteiger charge is -2.24. The van der Waals surface area contributed by atoms with Gasteiger partial charge in [0.1, 0.15) is 24.8 Å². The molecule has 0 unspecified atom stereocenters. The number of carbonyl (C=O) groups is 1. The predicted octanol–water partition coefficient (Wildman–Crippen LogP) is 6.37. The minimum absolute atomic E-state index is 0.0300. The number of rotatable bonds is 8. The molecule has 0 saturated carbocycles. The van der Waals surface area contributed by atoms with Gasteiger partial charge in [0.15, 0.2) is 0 Å². The van der Waals surface area contributed by atoms with E-state index in [1.165, 1.54) is 29.5 Å². The first-order valence-corrected chi connectivity index (χ1v) is 13.9. The predicted molar refractivity (Wildman–Crippen MR) is 148 cm³/mol. The molecular weight excluding hydrogens is 493 g/mol. The van der Waals surface area contributed by atoms with Gasteiger partial charge in [-0.1, -0.05) is 73.5 Å². The van der Waals surface area contributed by atoms with Gasteiger partial charge in [0.05, 0.1) is 12.8 Å². The Morgan fingerprint density at radius 2 is 1.54 bits per heavy atom. The number of nitrogens with zero attached hydrogens (tertiary/aromatic N) is 1. The van der Waals surface area contributed by atoms with Crippen LogP contribution >= 0.6 is 0 Å². The van der Waals surface area contributed by atoms with Crippen LogP contribution in [0.25, 0.3) is 0 Å². The maximum absolute atomic E-state index is 13.7. The van der Waals surface area contributed by atoms with Gasteiger partial charge in [0.25, 0.3) is 10.1 Å². The first-order valence-electron chi connectivity index (χ1n) is 12.1. The molecule has 202 valence electrons. The van der Waals surface area contributed by atoms with Gasteiger partial charge in [-0.2, -0.15) is 8.42 Å². The molecule has 0 aliphatic heterocycles. The Hall–Kier alpha value is -3.23. The van der Waals surface area contributed by atoms with Gasteiger partial charge in [-0.15, -0.1) is 0 Å². The highest BCUT2D eigenvalue weighted by Crippen LogP contribution is 2.27. The van der Waals surface area contributed by atoms with Crippen molar-refractivity contribution in [3.05, 3.63) is 94.8 Å². The topological polar surface area (TPSA) is 72.9 Å². The number of anilines is 1. The van der Waals surface area contributed by atoms with Crippen molar-refractivity contribution in [2.24, 2.45) is 0 Å². The molecule has 0 spiro atoms. The van der Waals surface area contributed by atoms with Crippen LogP contribution in [0.15, 0.2) is 66.7 Å². The van der Waals surface area contributed by atoms with E-state index in [9.17, 15) is 17.6 Å². The Bertz CT molecular complexity index is 1230. The lowest BCUT2D eigenvalue weighted by molar-refractivity contribution is -0.116. The standard InChI is InChI=1S/C20H24FNO5S.C7H8.C2H6/c1-14-5-8-20(26-9-10-27-28(4,24)25)17(11-14)13-22(16(3)23)19-12-18(21)7-6-15(19)2;1-7-5-3-2-4-6-7;1-2/h5-8,11-12H,9-10,13H2,1-4H3;2-6H,1H3;1-2H3. The van der Waals surface area contributed by atoms with E-state index in [2.05, 4.69) is 23.2 Å². The maximum Gasteiger partial charge on any atom is 0.264 e. The summed E-state index contributed by atoms with van der Waals surface area (Å²) in [5.74, 6) is -0.157. The summed E-state index contributed by atoms with van der Waals surface area (Å²) in [6.07, 6.45) is 0.969. The molecule has 0 saturated heterocycles. The summed E-state index contributed by atoms with van der Waals surface area (Å²) >= 11 is 0. The molecule has 0 radical (unpaired) electrons. The Labute approximate surface area is 221 Å². The Balaban J connectivity index is 0.000000645. The summed E-state index contributed by atoms with van der Waals surface area (Å²) in [5.41, 5.74) is 4.27.